The number of methoxy groups -OCH3 is 1. The van der Waals surface area contributed by atoms with Gasteiger partial charge in [0.25, 0.3) is 0 Å². The highest BCUT2D eigenvalue weighted by Crippen LogP contribution is 2.31. The van der Waals surface area contributed by atoms with Gasteiger partial charge in [0.15, 0.2) is 5.69 Å². The van der Waals surface area contributed by atoms with Gasteiger partial charge in [0, 0.05) is 5.56 Å². The van der Waals surface area contributed by atoms with Crippen LogP contribution in [0, 0.1) is 0 Å². The molecule has 6 heteroatoms. The molecule has 0 aliphatic rings. The fourth-order valence-electron chi connectivity index (χ4n) is 1.82. The molecule has 2 rings (SSSR count). The van der Waals surface area contributed by atoms with Crippen molar-refractivity contribution < 1.29 is 13.9 Å². The lowest BCUT2D eigenvalue weighted by molar-refractivity contribution is 0.0594. The van der Waals surface area contributed by atoms with E-state index in [0.29, 0.717) is 21.8 Å². The van der Waals surface area contributed by atoms with Crippen molar-refractivity contribution in [1.29, 1.82) is 0 Å². The second-order valence-electron chi connectivity index (χ2n) is 4.37. The van der Waals surface area contributed by atoms with E-state index in [1.54, 1.807) is 18.2 Å². The van der Waals surface area contributed by atoms with Gasteiger partial charge >= 0.3 is 5.97 Å². The first-order valence-electron chi connectivity index (χ1n) is 6.12. The molecule has 0 bridgehead atoms. The Balaban J connectivity index is 2.50. The molecule has 0 aliphatic heterocycles. The van der Waals surface area contributed by atoms with Gasteiger partial charge in [0.2, 0.25) is 0 Å². The monoisotopic (exact) mass is 327 g/mol. The van der Waals surface area contributed by atoms with Gasteiger partial charge in [0.1, 0.15) is 6.17 Å². The van der Waals surface area contributed by atoms with Crippen LogP contribution < -0.4 is 0 Å². The number of carbonyl (C=O) groups excluding carboxylic acids is 1. The number of hydrogen-bond acceptors (Lipinski definition) is 3. The Kier molecular flexibility index (Phi) is 4.80. The highest BCUT2D eigenvalue weighted by Gasteiger charge is 2.16. The van der Waals surface area contributed by atoms with Gasteiger partial charge in [-0.1, -0.05) is 35.3 Å². The molecule has 1 aromatic carbocycles. The minimum atomic E-state index is -1.11. The number of hydrogen-bond donors (Lipinski definition) is 0. The molecule has 0 spiro atoms. The number of nitrogens with zero attached hydrogens (tertiary/aromatic N) is 1. The first-order chi connectivity index (χ1) is 9.93. The molecule has 1 aromatic heterocycles. The second-order valence-corrected chi connectivity index (χ2v) is 5.19. The van der Waals surface area contributed by atoms with Crippen molar-refractivity contribution in [1.82, 2.24) is 4.98 Å². The van der Waals surface area contributed by atoms with Gasteiger partial charge in [-0.3, -0.25) is 0 Å². The van der Waals surface area contributed by atoms with E-state index in [0.717, 1.165) is 0 Å². The van der Waals surface area contributed by atoms with Crippen LogP contribution in [-0.2, 0) is 4.74 Å². The fourth-order valence-corrected chi connectivity index (χ4v) is 2.29. The van der Waals surface area contributed by atoms with Gasteiger partial charge in [-0.2, -0.15) is 0 Å². The molecular weight excluding hydrogens is 316 g/mol. The van der Waals surface area contributed by atoms with Crippen LogP contribution in [0.1, 0.15) is 29.1 Å². The number of rotatable bonds is 3. The van der Waals surface area contributed by atoms with Gasteiger partial charge in [-0.05, 0) is 30.7 Å². The Morgan fingerprint density at radius 1 is 1.24 bits per heavy atom. The predicted molar refractivity (Wildman–Crippen MR) is 80.6 cm³/mol. The first kappa shape index (κ1) is 15.7. The molecular formula is C15H12Cl2FNO2. The van der Waals surface area contributed by atoms with E-state index < -0.39 is 12.1 Å². The molecule has 1 unspecified atom stereocenters. The summed E-state index contributed by atoms with van der Waals surface area (Å²) < 4.78 is 17.9. The third-order valence-corrected chi connectivity index (χ3v) is 3.57. The topological polar surface area (TPSA) is 39.2 Å². The Bertz CT molecular complexity index is 689. The van der Waals surface area contributed by atoms with Crippen molar-refractivity contribution in [3.05, 3.63) is 51.6 Å². The largest absolute Gasteiger partial charge is 0.464 e. The lowest BCUT2D eigenvalue weighted by Gasteiger charge is -2.09. The second kappa shape index (κ2) is 6.41. The van der Waals surface area contributed by atoms with E-state index in [2.05, 4.69) is 9.72 Å². The standard InChI is InChI=1S/C15H12Cl2FNO2/c1-8(18)9-3-4-10(12(17)7-9)13-6-5-11(16)14(19-13)15(20)21-2/h3-8H,1-2H3. The summed E-state index contributed by atoms with van der Waals surface area (Å²) in [5.74, 6) is -0.632. The van der Waals surface area contributed by atoms with Gasteiger partial charge in [-0.15, -0.1) is 0 Å². The van der Waals surface area contributed by atoms with E-state index in [9.17, 15) is 9.18 Å². The number of halogens is 3. The van der Waals surface area contributed by atoms with E-state index >= 15 is 0 Å². The zero-order chi connectivity index (χ0) is 15.6. The summed E-state index contributed by atoms with van der Waals surface area (Å²) in [6, 6.07) is 7.99. The SMILES string of the molecule is COC(=O)c1nc(-c2ccc(C(C)F)cc2Cl)ccc1Cl. The van der Waals surface area contributed by atoms with E-state index in [1.807, 2.05) is 0 Å². The third kappa shape index (κ3) is 3.34. The molecule has 0 aliphatic carbocycles. The molecule has 3 nitrogen and oxygen atoms in total. The first-order valence-corrected chi connectivity index (χ1v) is 6.88. The Morgan fingerprint density at radius 2 is 1.95 bits per heavy atom. The number of esters is 1. The number of ether oxygens (including phenoxy) is 1. The lowest BCUT2D eigenvalue weighted by atomic mass is 10.1. The van der Waals surface area contributed by atoms with Crippen LogP contribution in [0.3, 0.4) is 0 Å². The average Bonchev–Trinajstić information content (AvgIpc) is 2.47. The minimum Gasteiger partial charge on any atom is -0.464 e. The van der Waals surface area contributed by atoms with Crippen molar-refractivity contribution in [2.75, 3.05) is 7.11 Å². The molecule has 0 saturated heterocycles. The van der Waals surface area contributed by atoms with Crippen LogP contribution in [0.15, 0.2) is 30.3 Å². The predicted octanol–water partition coefficient (Wildman–Crippen LogP) is 4.87. The van der Waals surface area contributed by atoms with Crippen molar-refractivity contribution in [3.63, 3.8) is 0 Å². The third-order valence-electron chi connectivity index (χ3n) is 2.95. The lowest BCUT2D eigenvalue weighted by Crippen LogP contribution is -2.06. The highest BCUT2D eigenvalue weighted by molar-refractivity contribution is 6.34. The smallest absolute Gasteiger partial charge is 0.358 e. The fraction of sp³-hybridized carbons (Fsp3) is 0.200. The quantitative estimate of drug-likeness (QED) is 0.755. The maximum absolute atomic E-state index is 13.3. The van der Waals surface area contributed by atoms with Crippen LogP contribution in [-0.4, -0.2) is 18.1 Å². The minimum absolute atomic E-state index is 0.00988. The van der Waals surface area contributed by atoms with E-state index in [4.69, 9.17) is 23.2 Å². The summed E-state index contributed by atoms with van der Waals surface area (Å²) in [7, 11) is 1.25. The number of aromatic nitrogens is 1. The van der Waals surface area contributed by atoms with E-state index in [1.165, 1.54) is 26.2 Å². The molecule has 1 atom stereocenters. The van der Waals surface area contributed by atoms with Gasteiger partial charge in [-0.25, -0.2) is 14.2 Å². The van der Waals surface area contributed by atoms with E-state index in [-0.39, 0.29) is 10.7 Å². The summed E-state index contributed by atoms with van der Waals surface area (Å²) in [4.78, 5) is 15.8. The molecule has 0 saturated carbocycles. The van der Waals surface area contributed by atoms with Gasteiger partial charge in [0.05, 0.1) is 22.8 Å². The summed E-state index contributed by atoms with van der Waals surface area (Å²) in [5.41, 5.74) is 1.53. The number of carbonyl (C=O) groups is 1. The van der Waals surface area contributed by atoms with Crippen LogP contribution in [0.2, 0.25) is 10.0 Å². The van der Waals surface area contributed by atoms with Crippen LogP contribution in [0.25, 0.3) is 11.3 Å². The summed E-state index contributed by atoms with van der Waals surface area (Å²) in [6.45, 7) is 1.43. The van der Waals surface area contributed by atoms with Crippen LogP contribution in [0.5, 0.6) is 0 Å². The normalized spacial score (nSPS) is 12.0. The highest BCUT2D eigenvalue weighted by atomic mass is 35.5. The molecule has 0 fully saturated rings. The molecule has 21 heavy (non-hydrogen) atoms. The maximum Gasteiger partial charge on any atom is 0.358 e. The van der Waals surface area contributed by atoms with Crippen molar-refractivity contribution in [3.8, 4) is 11.3 Å². The zero-order valence-electron chi connectivity index (χ0n) is 11.4. The average molecular weight is 328 g/mol. The van der Waals surface area contributed by atoms with Crippen LogP contribution in [0.4, 0.5) is 4.39 Å². The molecule has 2 aromatic rings. The molecule has 0 N–H and O–H groups in total. The van der Waals surface area contributed by atoms with Crippen molar-refractivity contribution >= 4 is 29.2 Å². The molecule has 1 heterocycles. The van der Waals surface area contributed by atoms with Crippen LogP contribution >= 0.6 is 23.2 Å². The van der Waals surface area contributed by atoms with Gasteiger partial charge < -0.3 is 4.74 Å². The molecule has 0 amide bonds. The van der Waals surface area contributed by atoms with Crippen molar-refractivity contribution in [2.45, 2.75) is 13.1 Å². The molecule has 0 radical (unpaired) electrons. The summed E-state index contributed by atoms with van der Waals surface area (Å²) in [6.07, 6.45) is -1.11. The maximum atomic E-state index is 13.3. The Labute approximate surface area is 131 Å². The number of pyridine rings is 1. The Morgan fingerprint density at radius 3 is 2.52 bits per heavy atom. The number of benzene rings is 1. The van der Waals surface area contributed by atoms with Crippen molar-refractivity contribution in [2.24, 2.45) is 0 Å². The summed E-state index contributed by atoms with van der Waals surface area (Å²) in [5, 5.41) is 0.540. The molecule has 110 valence electrons. The Hall–Kier alpha value is -1.65. The summed E-state index contributed by atoms with van der Waals surface area (Å²) >= 11 is 12.1. The number of alkyl halides is 1. The zero-order valence-corrected chi connectivity index (χ0v) is 12.9.